The van der Waals surface area contributed by atoms with Gasteiger partial charge < -0.3 is 0 Å². The molecule has 0 heterocycles. The molecule has 2 aliphatic rings. The van der Waals surface area contributed by atoms with E-state index >= 15 is 0 Å². The minimum Gasteiger partial charge on any atom is -0.0853 e. The standard InChI is InChI=1S/C23H34/c1-4-18(3)19-9-11-21(12-10-19)23-15-13-22(14-16-23)20-7-5-17(2)6-8-20/h5,9-12,18,20,22-23H,4,6-8,13-16H2,1-3H3/t18?,20-,22?,23?/m1/s1. The molecule has 0 saturated heterocycles. The summed E-state index contributed by atoms with van der Waals surface area (Å²) in [5, 5.41) is 0. The Kier molecular flexibility index (Phi) is 5.62. The maximum absolute atomic E-state index is 2.51. The molecule has 0 bridgehead atoms. The van der Waals surface area contributed by atoms with Crippen molar-refractivity contribution in [3.05, 3.63) is 47.0 Å². The molecular formula is C23H34. The Balaban J connectivity index is 1.54. The first-order valence-electron chi connectivity index (χ1n) is 9.92. The third-order valence-electron chi connectivity index (χ3n) is 6.71. The van der Waals surface area contributed by atoms with Gasteiger partial charge in [0.25, 0.3) is 0 Å². The highest BCUT2D eigenvalue weighted by Crippen LogP contribution is 2.42. The van der Waals surface area contributed by atoms with Crippen molar-refractivity contribution in [3.8, 4) is 0 Å². The van der Waals surface area contributed by atoms with E-state index in [1.165, 1.54) is 56.9 Å². The molecule has 0 N–H and O–H groups in total. The molecule has 0 aliphatic heterocycles. The summed E-state index contributed by atoms with van der Waals surface area (Å²) in [5.41, 5.74) is 4.72. The molecule has 0 amide bonds. The second-order valence-corrected chi connectivity index (χ2v) is 8.17. The summed E-state index contributed by atoms with van der Waals surface area (Å²) in [4.78, 5) is 0. The van der Waals surface area contributed by atoms with E-state index in [9.17, 15) is 0 Å². The molecule has 126 valence electrons. The summed E-state index contributed by atoms with van der Waals surface area (Å²) in [5.74, 6) is 3.49. The number of hydrogen-bond donors (Lipinski definition) is 0. The van der Waals surface area contributed by atoms with Gasteiger partial charge in [-0.05, 0) is 93.1 Å². The minimum absolute atomic E-state index is 0.697. The molecule has 0 nitrogen and oxygen atoms in total. The lowest BCUT2D eigenvalue weighted by Crippen LogP contribution is -2.22. The van der Waals surface area contributed by atoms with Crippen LogP contribution in [0.3, 0.4) is 0 Å². The lowest BCUT2D eigenvalue weighted by atomic mass is 9.70. The lowest BCUT2D eigenvalue weighted by molar-refractivity contribution is 0.217. The fourth-order valence-corrected chi connectivity index (χ4v) is 4.67. The molecule has 0 radical (unpaired) electrons. The molecule has 1 aromatic carbocycles. The smallest absolute Gasteiger partial charge is 0.0162 e. The second kappa shape index (κ2) is 7.69. The monoisotopic (exact) mass is 310 g/mol. The van der Waals surface area contributed by atoms with Gasteiger partial charge in [-0.2, -0.15) is 0 Å². The van der Waals surface area contributed by atoms with Crippen molar-refractivity contribution >= 4 is 0 Å². The summed E-state index contributed by atoms with van der Waals surface area (Å²) in [7, 11) is 0. The topological polar surface area (TPSA) is 0 Å². The summed E-state index contributed by atoms with van der Waals surface area (Å²) >= 11 is 0. The average Bonchev–Trinajstić information content (AvgIpc) is 2.62. The highest BCUT2D eigenvalue weighted by atomic mass is 14.3. The van der Waals surface area contributed by atoms with E-state index in [1.54, 1.807) is 11.1 Å². The van der Waals surface area contributed by atoms with Crippen LogP contribution in [0.15, 0.2) is 35.9 Å². The van der Waals surface area contributed by atoms with E-state index in [4.69, 9.17) is 0 Å². The quantitative estimate of drug-likeness (QED) is 0.515. The highest BCUT2D eigenvalue weighted by molar-refractivity contribution is 5.27. The van der Waals surface area contributed by atoms with Crippen molar-refractivity contribution in [1.82, 2.24) is 0 Å². The summed E-state index contributed by atoms with van der Waals surface area (Å²) in [6, 6.07) is 9.59. The first-order valence-corrected chi connectivity index (χ1v) is 9.92. The molecule has 1 fully saturated rings. The average molecular weight is 311 g/mol. The predicted molar refractivity (Wildman–Crippen MR) is 101 cm³/mol. The van der Waals surface area contributed by atoms with Crippen molar-refractivity contribution in [2.45, 2.75) is 84.0 Å². The number of allylic oxidation sites excluding steroid dienone is 2. The van der Waals surface area contributed by atoms with Crippen molar-refractivity contribution in [2.75, 3.05) is 0 Å². The van der Waals surface area contributed by atoms with Gasteiger partial charge >= 0.3 is 0 Å². The van der Waals surface area contributed by atoms with E-state index in [0.717, 1.165) is 17.8 Å². The van der Waals surface area contributed by atoms with Gasteiger partial charge in [0.1, 0.15) is 0 Å². The van der Waals surface area contributed by atoms with Crippen LogP contribution in [0.1, 0.15) is 95.1 Å². The van der Waals surface area contributed by atoms with E-state index in [-0.39, 0.29) is 0 Å². The van der Waals surface area contributed by atoms with Crippen LogP contribution in [0.5, 0.6) is 0 Å². The maximum atomic E-state index is 2.51. The van der Waals surface area contributed by atoms with Gasteiger partial charge in [0.2, 0.25) is 0 Å². The normalized spacial score (nSPS) is 29.9. The van der Waals surface area contributed by atoms with E-state index in [0.29, 0.717) is 5.92 Å². The van der Waals surface area contributed by atoms with Gasteiger partial charge in [0.15, 0.2) is 0 Å². The number of rotatable bonds is 4. The molecule has 0 heteroatoms. The molecule has 23 heavy (non-hydrogen) atoms. The summed E-state index contributed by atoms with van der Waals surface area (Å²) < 4.78 is 0. The van der Waals surface area contributed by atoms with E-state index in [2.05, 4.69) is 51.1 Å². The van der Waals surface area contributed by atoms with Crippen molar-refractivity contribution in [1.29, 1.82) is 0 Å². The number of benzene rings is 1. The third-order valence-corrected chi connectivity index (χ3v) is 6.71. The Morgan fingerprint density at radius 1 is 0.957 bits per heavy atom. The van der Waals surface area contributed by atoms with Crippen LogP contribution in [-0.2, 0) is 0 Å². The van der Waals surface area contributed by atoms with Crippen LogP contribution in [0.25, 0.3) is 0 Å². The Hall–Kier alpha value is -1.04. The first kappa shape index (κ1) is 16.8. The van der Waals surface area contributed by atoms with Gasteiger partial charge in [-0.25, -0.2) is 0 Å². The number of hydrogen-bond acceptors (Lipinski definition) is 0. The molecule has 0 aromatic heterocycles. The van der Waals surface area contributed by atoms with Crippen LogP contribution < -0.4 is 0 Å². The van der Waals surface area contributed by atoms with Gasteiger partial charge in [0.05, 0.1) is 0 Å². The third kappa shape index (κ3) is 4.08. The van der Waals surface area contributed by atoms with Gasteiger partial charge in [-0.3, -0.25) is 0 Å². The molecule has 2 aliphatic carbocycles. The van der Waals surface area contributed by atoms with Gasteiger partial charge in [-0.1, -0.05) is 49.8 Å². The van der Waals surface area contributed by atoms with Crippen molar-refractivity contribution < 1.29 is 0 Å². The Labute approximate surface area is 143 Å². The lowest BCUT2D eigenvalue weighted by Gasteiger charge is -2.35. The molecule has 3 rings (SSSR count). The van der Waals surface area contributed by atoms with Crippen molar-refractivity contribution in [3.63, 3.8) is 0 Å². The van der Waals surface area contributed by atoms with Gasteiger partial charge in [-0.15, -0.1) is 0 Å². The predicted octanol–water partition coefficient (Wildman–Crippen LogP) is 7.22. The zero-order valence-electron chi connectivity index (χ0n) is 15.4. The van der Waals surface area contributed by atoms with Crippen molar-refractivity contribution in [2.24, 2.45) is 11.8 Å². The van der Waals surface area contributed by atoms with Crippen LogP contribution >= 0.6 is 0 Å². The molecule has 1 unspecified atom stereocenters. The van der Waals surface area contributed by atoms with Crippen LogP contribution in [0, 0.1) is 11.8 Å². The Bertz CT molecular complexity index is 513. The SMILES string of the molecule is CCC(C)c1ccc(C2CCC([C@@H]3CC=C(C)CC3)CC2)cc1. The largest absolute Gasteiger partial charge is 0.0853 e. The second-order valence-electron chi connectivity index (χ2n) is 8.17. The minimum atomic E-state index is 0.697. The summed E-state index contributed by atoms with van der Waals surface area (Å²) in [6.07, 6.45) is 13.6. The highest BCUT2D eigenvalue weighted by Gasteiger charge is 2.28. The van der Waals surface area contributed by atoms with E-state index in [1.807, 2.05) is 0 Å². The summed E-state index contributed by atoms with van der Waals surface area (Å²) in [6.45, 7) is 6.92. The molecule has 0 spiro atoms. The van der Waals surface area contributed by atoms with Gasteiger partial charge in [0, 0.05) is 0 Å². The zero-order chi connectivity index (χ0) is 16.2. The fraction of sp³-hybridized carbons (Fsp3) is 0.652. The Morgan fingerprint density at radius 3 is 2.22 bits per heavy atom. The van der Waals surface area contributed by atoms with Crippen LogP contribution in [-0.4, -0.2) is 0 Å². The van der Waals surface area contributed by atoms with E-state index < -0.39 is 0 Å². The first-order chi connectivity index (χ1) is 11.2. The zero-order valence-corrected chi connectivity index (χ0v) is 15.4. The van der Waals surface area contributed by atoms with Crippen LogP contribution in [0.2, 0.25) is 0 Å². The molecular weight excluding hydrogens is 276 g/mol. The maximum Gasteiger partial charge on any atom is -0.0162 e. The molecule has 2 atom stereocenters. The molecule has 1 saturated carbocycles. The Morgan fingerprint density at radius 2 is 1.65 bits per heavy atom. The molecule has 1 aromatic rings. The fourth-order valence-electron chi connectivity index (χ4n) is 4.67. The van der Waals surface area contributed by atoms with Crippen LogP contribution in [0.4, 0.5) is 0 Å².